The molecule has 0 saturated heterocycles. The van der Waals surface area contributed by atoms with Gasteiger partial charge < -0.3 is 24.6 Å². The van der Waals surface area contributed by atoms with Crippen LogP contribution in [0, 0.1) is 0 Å². The molecule has 3 unspecified atom stereocenters. The number of esters is 1. The van der Waals surface area contributed by atoms with Crippen molar-refractivity contribution >= 4 is 13.8 Å². The lowest BCUT2D eigenvalue weighted by Crippen LogP contribution is -2.29. The molecule has 0 spiro atoms. The Kier molecular flexibility index (Phi) is 31.2. The molecule has 0 saturated carbocycles. The molecule has 0 radical (unpaired) electrons. The van der Waals surface area contributed by atoms with E-state index in [1.807, 2.05) is 0 Å². The highest BCUT2D eigenvalue weighted by atomic mass is 31.2. The monoisotopic (exact) mass is 658 g/mol. The highest BCUT2D eigenvalue weighted by Crippen LogP contribution is 2.43. The van der Waals surface area contributed by atoms with Gasteiger partial charge >= 0.3 is 13.8 Å². The van der Waals surface area contributed by atoms with Crippen LogP contribution in [0.25, 0.3) is 0 Å². The Morgan fingerprint density at radius 2 is 1.27 bits per heavy atom. The van der Waals surface area contributed by atoms with E-state index in [4.69, 9.17) is 19.1 Å². The molecule has 0 aliphatic rings. The van der Waals surface area contributed by atoms with Crippen LogP contribution in [-0.4, -0.2) is 66.3 Å². The molecule has 0 fully saturated rings. The molecule has 0 aliphatic heterocycles. The van der Waals surface area contributed by atoms with E-state index in [1.165, 1.54) is 32.1 Å². The number of allylic oxidation sites excluding steroid dienone is 8. The number of hydrogen-bond donors (Lipinski definition) is 3. The van der Waals surface area contributed by atoms with E-state index in [0.29, 0.717) is 6.61 Å². The maximum absolute atomic E-state index is 12.4. The van der Waals surface area contributed by atoms with Crippen molar-refractivity contribution < 1.29 is 43.0 Å². The Hall–Kier alpha value is -1.58. The third-order valence-corrected chi connectivity index (χ3v) is 7.73. The minimum atomic E-state index is -4.51. The van der Waals surface area contributed by atoms with E-state index in [-0.39, 0.29) is 13.0 Å². The lowest BCUT2D eigenvalue weighted by molar-refractivity contribution is -0.154. The molecule has 3 N–H and O–H groups in total. The van der Waals surface area contributed by atoms with Crippen LogP contribution in [0.15, 0.2) is 48.6 Å². The van der Waals surface area contributed by atoms with Gasteiger partial charge in [-0.05, 0) is 51.4 Å². The number of unbranched alkanes of at least 4 members (excludes halogenated alkanes) is 10. The second kappa shape index (κ2) is 32.4. The van der Waals surface area contributed by atoms with Crippen molar-refractivity contribution in [3.05, 3.63) is 48.6 Å². The summed E-state index contributed by atoms with van der Waals surface area (Å²) >= 11 is 0. The first-order valence-corrected chi connectivity index (χ1v) is 18.6. The molecule has 0 aliphatic carbocycles. The average molecular weight is 659 g/mol. The molecule has 0 bridgehead atoms. The zero-order valence-corrected chi connectivity index (χ0v) is 29.0. The topological polar surface area (TPSA) is 132 Å². The largest absolute Gasteiger partial charge is 0.472 e. The standard InChI is InChI=1S/C35H63O9P/c1-3-5-7-9-11-13-14-15-16-17-18-19-20-22-24-26-28-41-31-34(32-43-45(39,40)42-30-33(37)29-36)44-35(38)27-25-23-21-12-10-8-6-4-2/h5,7,11,13,15-16,18-19,33-34,36-37H,3-4,6,8-10,12,14,17,20-32H2,1-2H3,(H,39,40)/b7-5-,13-11-,16-15-,19-18-. The van der Waals surface area contributed by atoms with E-state index < -0.39 is 45.8 Å². The number of aliphatic hydroxyl groups is 2. The van der Waals surface area contributed by atoms with Crippen molar-refractivity contribution in [2.45, 2.75) is 135 Å². The lowest BCUT2D eigenvalue weighted by atomic mass is 10.1. The van der Waals surface area contributed by atoms with E-state index in [9.17, 15) is 19.4 Å². The summed E-state index contributed by atoms with van der Waals surface area (Å²) in [6.07, 6.45) is 32.3. The van der Waals surface area contributed by atoms with E-state index in [2.05, 4.69) is 67.0 Å². The van der Waals surface area contributed by atoms with Gasteiger partial charge in [-0.2, -0.15) is 0 Å². The fourth-order valence-corrected chi connectivity index (χ4v) is 4.96. The second-order valence-electron chi connectivity index (χ2n) is 11.2. The summed E-state index contributed by atoms with van der Waals surface area (Å²) in [5.74, 6) is -0.402. The highest BCUT2D eigenvalue weighted by molar-refractivity contribution is 7.47. The van der Waals surface area contributed by atoms with Gasteiger partial charge in [-0.1, -0.05) is 114 Å². The van der Waals surface area contributed by atoms with Gasteiger partial charge in [-0.3, -0.25) is 13.8 Å². The maximum Gasteiger partial charge on any atom is 0.472 e. The van der Waals surface area contributed by atoms with Crippen LogP contribution in [0.1, 0.15) is 123 Å². The molecular formula is C35H63O9P. The van der Waals surface area contributed by atoms with Crippen molar-refractivity contribution in [3.8, 4) is 0 Å². The molecule has 0 amide bonds. The van der Waals surface area contributed by atoms with Gasteiger partial charge in [0.2, 0.25) is 0 Å². The lowest BCUT2D eigenvalue weighted by Gasteiger charge is -2.20. The molecule has 0 heterocycles. The number of phosphoric acid groups is 1. The summed E-state index contributed by atoms with van der Waals surface area (Å²) < 4.78 is 33.0. The number of carbonyl (C=O) groups is 1. The molecule has 0 aromatic carbocycles. The Balaban J connectivity index is 4.31. The van der Waals surface area contributed by atoms with Gasteiger partial charge in [0.05, 0.1) is 26.4 Å². The van der Waals surface area contributed by atoms with E-state index in [1.54, 1.807) is 0 Å². The summed E-state index contributed by atoms with van der Waals surface area (Å²) in [4.78, 5) is 22.3. The highest BCUT2D eigenvalue weighted by Gasteiger charge is 2.26. The first kappa shape index (κ1) is 43.4. The third kappa shape index (κ3) is 32.2. The van der Waals surface area contributed by atoms with Crippen LogP contribution < -0.4 is 0 Å². The Morgan fingerprint density at radius 1 is 0.711 bits per heavy atom. The van der Waals surface area contributed by atoms with Crippen molar-refractivity contribution in [1.29, 1.82) is 0 Å². The summed E-state index contributed by atoms with van der Waals surface area (Å²) in [5.41, 5.74) is 0. The molecule has 3 atom stereocenters. The minimum Gasteiger partial charge on any atom is -0.457 e. The number of aliphatic hydroxyl groups excluding tert-OH is 2. The normalized spacial score (nSPS) is 15.0. The van der Waals surface area contributed by atoms with Crippen LogP contribution in [0.5, 0.6) is 0 Å². The maximum atomic E-state index is 12.4. The van der Waals surface area contributed by atoms with Crippen molar-refractivity contribution in [3.63, 3.8) is 0 Å². The number of ether oxygens (including phenoxy) is 2. The number of rotatable bonds is 32. The number of carbonyl (C=O) groups excluding carboxylic acids is 1. The van der Waals surface area contributed by atoms with Crippen LogP contribution >= 0.6 is 7.82 Å². The van der Waals surface area contributed by atoms with Gasteiger partial charge in [0.25, 0.3) is 0 Å². The summed E-state index contributed by atoms with van der Waals surface area (Å²) in [7, 11) is -4.51. The molecule has 0 aromatic rings. The van der Waals surface area contributed by atoms with Crippen LogP contribution in [0.4, 0.5) is 0 Å². The fourth-order valence-electron chi connectivity index (χ4n) is 4.17. The van der Waals surface area contributed by atoms with Crippen molar-refractivity contribution in [2.75, 3.05) is 33.0 Å². The van der Waals surface area contributed by atoms with Crippen LogP contribution in [0.2, 0.25) is 0 Å². The van der Waals surface area contributed by atoms with Crippen LogP contribution in [-0.2, 0) is 27.9 Å². The second-order valence-corrected chi connectivity index (χ2v) is 12.6. The molecule has 9 nitrogen and oxygen atoms in total. The summed E-state index contributed by atoms with van der Waals surface area (Å²) in [6.45, 7) is 3.25. The summed E-state index contributed by atoms with van der Waals surface area (Å²) in [6, 6.07) is 0. The van der Waals surface area contributed by atoms with Gasteiger partial charge in [-0.15, -0.1) is 0 Å². The Morgan fingerprint density at radius 3 is 1.89 bits per heavy atom. The number of hydrogen-bond acceptors (Lipinski definition) is 8. The van der Waals surface area contributed by atoms with Gasteiger partial charge in [0, 0.05) is 13.0 Å². The van der Waals surface area contributed by atoms with Crippen molar-refractivity contribution in [2.24, 2.45) is 0 Å². The quantitative estimate of drug-likeness (QED) is 0.0283. The van der Waals surface area contributed by atoms with E-state index >= 15 is 0 Å². The third-order valence-electron chi connectivity index (χ3n) is 6.78. The van der Waals surface area contributed by atoms with Gasteiger partial charge in [0.15, 0.2) is 0 Å². The zero-order chi connectivity index (χ0) is 33.3. The van der Waals surface area contributed by atoms with Crippen molar-refractivity contribution in [1.82, 2.24) is 0 Å². The first-order valence-electron chi connectivity index (χ1n) is 17.1. The predicted octanol–water partition coefficient (Wildman–Crippen LogP) is 8.30. The van der Waals surface area contributed by atoms with E-state index in [0.717, 1.165) is 70.6 Å². The number of phosphoric ester groups is 1. The predicted molar refractivity (Wildman–Crippen MR) is 182 cm³/mol. The molecular weight excluding hydrogens is 595 g/mol. The SMILES string of the molecule is CC/C=C\C/C=C\C/C=C\C/C=C\CCCCCOCC(COP(=O)(O)OCC(O)CO)OC(=O)CCCCCCCCCC. The molecule has 0 aromatic heterocycles. The molecule has 45 heavy (non-hydrogen) atoms. The molecule has 262 valence electrons. The zero-order valence-electron chi connectivity index (χ0n) is 28.1. The minimum absolute atomic E-state index is 0.0271. The molecule has 0 rings (SSSR count). The smallest absolute Gasteiger partial charge is 0.457 e. The first-order chi connectivity index (χ1) is 21.8. The fraction of sp³-hybridized carbons (Fsp3) is 0.743. The Labute approximate surface area is 273 Å². The van der Waals surface area contributed by atoms with Gasteiger partial charge in [0.1, 0.15) is 12.2 Å². The van der Waals surface area contributed by atoms with Crippen LogP contribution in [0.3, 0.4) is 0 Å². The molecule has 10 heteroatoms. The van der Waals surface area contributed by atoms with Gasteiger partial charge in [-0.25, -0.2) is 4.57 Å². The Bertz CT molecular complexity index is 841. The average Bonchev–Trinajstić information content (AvgIpc) is 3.03. The summed E-state index contributed by atoms with van der Waals surface area (Å²) in [5, 5.41) is 18.2.